The second kappa shape index (κ2) is 2.76. The van der Waals surface area contributed by atoms with Gasteiger partial charge in [0.1, 0.15) is 0 Å². The van der Waals surface area contributed by atoms with Crippen molar-refractivity contribution >= 4 is 0 Å². The van der Waals surface area contributed by atoms with Crippen LogP contribution in [0, 0.1) is 11.8 Å². The number of hydrogen-bond donors (Lipinski definition) is 1. The fourth-order valence-corrected chi connectivity index (χ4v) is 2.51. The van der Waals surface area contributed by atoms with Crippen LogP contribution in [0.5, 0.6) is 0 Å². The van der Waals surface area contributed by atoms with E-state index >= 15 is 0 Å². The highest BCUT2D eigenvalue weighted by Crippen LogP contribution is 2.28. The molecule has 0 amide bonds. The lowest BCUT2D eigenvalue weighted by atomic mass is 9.81. The van der Waals surface area contributed by atoms with E-state index in [0.29, 0.717) is 0 Å². The number of piperidine rings is 2. The summed E-state index contributed by atoms with van der Waals surface area (Å²) in [5.74, 6) is 1.84. The third-order valence-corrected chi connectivity index (χ3v) is 3.40. The van der Waals surface area contributed by atoms with Crippen molar-refractivity contribution in [1.82, 2.24) is 10.2 Å². The maximum atomic E-state index is 3.51. The molecular weight excluding hydrogens is 136 g/mol. The minimum Gasteiger partial charge on any atom is -0.316 e. The molecule has 3 atom stereocenters. The van der Waals surface area contributed by atoms with Crippen molar-refractivity contribution in [1.29, 1.82) is 0 Å². The summed E-state index contributed by atoms with van der Waals surface area (Å²) < 4.78 is 0. The van der Waals surface area contributed by atoms with Crippen molar-refractivity contribution in [3.63, 3.8) is 0 Å². The normalized spacial score (nSPS) is 45.8. The molecule has 0 radical (unpaired) electrons. The average molecular weight is 154 g/mol. The lowest BCUT2D eigenvalue weighted by Crippen LogP contribution is -2.54. The largest absolute Gasteiger partial charge is 0.316 e. The number of nitrogens with one attached hydrogen (secondary N) is 1. The van der Waals surface area contributed by atoms with Gasteiger partial charge in [-0.3, -0.25) is 0 Å². The van der Waals surface area contributed by atoms with Crippen LogP contribution >= 0.6 is 0 Å². The monoisotopic (exact) mass is 154 g/mol. The molecule has 0 saturated carbocycles. The highest BCUT2D eigenvalue weighted by molar-refractivity contribution is 4.89. The van der Waals surface area contributed by atoms with Gasteiger partial charge in [0.15, 0.2) is 0 Å². The van der Waals surface area contributed by atoms with E-state index in [1.165, 1.54) is 26.1 Å². The van der Waals surface area contributed by atoms with Gasteiger partial charge in [0.25, 0.3) is 0 Å². The molecule has 0 spiro atoms. The van der Waals surface area contributed by atoms with Crippen molar-refractivity contribution < 1.29 is 0 Å². The zero-order chi connectivity index (χ0) is 7.84. The van der Waals surface area contributed by atoms with E-state index in [0.717, 1.165) is 17.9 Å². The van der Waals surface area contributed by atoms with Gasteiger partial charge in [-0.15, -0.1) is 0 Å². The van der Waals surface area contributed by atoms with Gasteiger partial charge in [0, 0.05) is 12.6 Å². The molecule has 2 bridgehead atoms. The summed E-state index contributed by atoms with van der Waals surface area (Å²) >= 11 is 0. The van der Waals surface area contributed by atoms with Crippen molar-refractivity contribution in [2.75, 3.05) is 26.7 Å². The minimum atomic E-state index is 0.791. The molecule has 0 aromatic carbocycles. The Morgan fingerprint density at radius 2 is 2.18 bits per heavy atom. The van der Waals surface area contributed by atoms with Crippen molar-refractivity contribution in [3.8, 4) is 0 Å². The van der Waals surface area contributed by atoms with E-state index in [2.05, 4.69) is 24.2 Å². The first-order valence-corrected chi connectivity index (χ1v) is 4.68. The Labute approximate surface area is 69.0 Å². The van der Waals surface area contributed by atoms with Crippen LogP contribution in [0.25, 0.3) is 0 Å². The first-order chi connectivity index (χ1) is 5.27. The third kappa shape index (κ3) is 1.30. The SMILES string of the molecule is C[C@H]1[C@@H]2CNC[C@@H](C2)CN1C. The summed E-state index contributed by atoms with van der Waals surface area (Å²) in [5.41, 5.74) is 0. The standard InChI is InChI=1S/C9H18N2/c1-7-9-3-8(4-10-5-9)6-11(7)2/h7-10H,3-6H2,1-2H3/t7-,8+,9-/m0/s1. The molecule has 0 aromatic heterocycles. The number of rotatable bonds is 0. The van der Waals surface area contributed by atoms with Gasteiger partial charge < -0.3 is 10.2 Å². The molecule has 64 valence electrons. The summed E-state index contributed by atoms with van der Waals surface area (Å²) in [5, 5.41) is 3.51. The van der Waals surface area contributed by atoms with Crippen LogP contribution < -0.4 is 5.32 Å². The Hall–Kier alpha value is -0.0800. The summed E-state index contributed by atoms with van der Waals surface area (Å²) in [6, 6.07) is 0.791. The van der Waals surface area contributed by atoms with Crippen LogP contribution in [-0.2, 0) is 0 Å². The van der Waals surface area contributed by atoms with Gasteiger partial charge in [-0.2, -0.15) is 0 Å². The number of fused-ring (bicyclic) bond motifs is 2. The second-order valence-electron chi connectivity index (χ2n) is 4.20. The molecule has 2 aliphatic rings. The minimum absolute atomic E-state index is 0.791. The zero-order valence-corrected chi connectivity index (χ0v) is 7.51. The van der Waals surface area contributed by atoms with Crippen LogP contribution in [0.3, 0.4) is 0 Å². The Bertz CT molecular complexity index is 144. The summed E-state index contributed by atoms with van der Waals surface area (Å²) in [6.07, 6.45) is 1.46. The Kier molecular flexibility index (Phi) is 1.90. The van der Waals surface area contributed by atoms with Crippen LogP contribution in [0.15, 0.2) is 0 Å². The molecule has 0 unspecified atom stereocenters. The van der Waals surface area contributed by atoms with Gasteiger partial charge >= 0.3 is 0 Å². The maximum Gasteiger partial charge on any atom is 0.0104 e. The summed E-state index contributed by atoms with van der Waals surface area (Å²) in [7, 11) is 2.26. The smallest absolute Gasteiger partial charge is 0.0104 e. The molecule has 2 heteroatoms. The van der Waals surface area contributed by atoms with Gasteiger partial charge in [-0.1, -0.05) is 0 Å². The predicted molar refractivity (Wildman–Crippen MR) is 46.6 cm³/mol. The van der Waals surface area contributed by atoms with Crippen molar-refractivity contribution in [2.24, 2.45) is 11.8 Å². The number of hydrogen-bond acceptors (Lipinski definition) is 2. The highest BCUT2D eigenvalue weighted by Gasteiger charge is 2.33. The Balaban J connectivity index is 2.05. The van der Waals surface area contributed by atoms with E-state index in [9.17, 15) is 0 Å². The fourth-order valence-electron chi connectivity index (χ4n) is 2.51. The molecule has 11 heavy (non-hydrogen) atoms. The van der Waals surface area contributed by atoms with E-state index in [1.54, 1.807) is 0 Å². The van der Waals surface area contributed by atoms with E-state index in [1.807, 2.05) is 0 Å². The first kappa shape index (κ1) is 7.56. The van der Waals surface area contributed by atoms with Gasteiger partial charge in [0.05, 0.1) is 0 Å². The molecular formula is C9H18N2. The lowest BCUT2D eigenvalue weighted by Gasteiger charge is -2.45. The first-order valence-electron chi connectivity index (χ1n) is 4.68. The average Bonchev–Trinajstić information content (AvgIpc) is 2.01. The van der Waals surface area contributed by atoms with Crippen LogP contribution in [0.4, 0.5) is 0 Å². The van der Waals surface area contributed by atoms with Gasteiger partial charge in [-0.25, -0.2) is 0 Å². The van der Waals surface area contributed by atoms with Crippen LogP contribution in [0.2, 0.25) is 0 Å². The quantitative estimate of drug-likeness (QED) is 0.548. The molecule has 2 heterocycles. The molecule has 2 aliphatic heterocycles. The Morgan fingerprint density at radius 1 is 1.36 bits per heavy atom. The highest BCUT2D eigenvalue weighted by atomic mass is 15.2. The second-order valence-corrected chi connectivity index (χ2v) is 4.20. The summed E-state index contributed by atoms with van der Waals surface area (Å²) in [6.45, 7) is 6.13. The van der Waals surface area contributed by atoms with Crippen molar-refractivity contribution in [3.05, 3.63) is 0 Å². The summed E-state index contributed by atoms with van der Waals surface area (Å²) in [4.78, 5) is 2.51. The molecule has 2 fully saturated rings. The molecule has 2 saturated heterocycles. The molecule has 2 nitrogen and oxygen atoms in total. The topological polar surface area (TPSA) is 15.3 Å². The van der Waals surface area contributed by atoms with Crippen LogP contribution in [0.1, 0.15) is 13.3 Å². The van der Waals surface area contributed by atoms with Crippen LogP contribution in [-0.4, -0.2) is 37.6 Å². The Morgan fingerprint density at radius 3 is 3.00 bits per heavy atom. The van der Waals surface area contributed by atoms with E-state index in [-0.39, 0.29) is 0 Å². The van der Waals surface area contributed by atoms with E-state index in [4.69, 9.17) is 0 Å². The van der Waals surface area contributed by atoms with Crippen molar-refractivity contribution in [2.45, 2.75) is 19.4 Å². The van der Waals surface area contributed by atoms with Gasteiger partial charge in [0.2, 0.25) is 0 Å². The number of nitrogens with zero attached hydrogens (tertiary/aromatic N) is 1. The van der Waals surface area contributed by atoms with Gasteiger partial charge in [-0.05, 0) is 45.3 Å². The molecule has 2 rings (SSSR count). The molecule has 1 N–H and O–H groups in total. The third-order valence-electron chi connectivity index (χ3n) is 3.40. The fraction of sp³-hybridized carbons (Fsp3) is 1.00. The molecule has 0 aliphatic carbocycles. The predicted octanol–water partition coefficient (Wildman–Crippen LogP) is 0.546. The maximum absolute atomic E-state index is 3.51. The molecule has 0 aromatic rings. The van der Waals surface area contributed by atoms with E-state index < -0.39 is 0 Å². The lowest BCUT2D eigenvalue weighted by molar-refractivity contribution is 0.0648. The zero-order valence-electron chi connectivity index (χ0n) is 7.51. The number of likely N-dealkylation sites (tertiary alicyclic amines) is 1.